The molecule has 0 aromatic carbocycles. The van der Waals surface area contributed by atoms with Crippen molar-refractivity contribution in [2.75, 3.05) is 13.1 Å². The van der Waals surface area contributed by atoms with Gasteiger partial charge in [0.25, 0.3) is 5.24 Å². The minimum atomic E-state index is 0.268. The lowest BCUT2D eigenvalue weighted by molar-refractivity contribution is 0.211. The van der Waals surface area contributed by atoms with Crippen molar-refractivity contribution in [3.05, 3.63) is 0 Å². The van der Waals surface area contributed by atoms with E-state index in [2.05, 4.69) is 13.8 Å². The van der Waals surface area contributed by atoms with Crippen molar-refractivity contribution in [3.63, 3.8) is 0 Å². The van der Waals surface area contributed by atoms with Crippen molar-refractivity contribution < 1.29 is 4.79 Å². The molecular formula is C9H17NOS. The maximum Gasteiger partial charge on any atom is 0.281 e. The standard InChI is InChI=1S/C9H17NOS/c1-8(2)12-9(11)10-6-4-3-5-7-10/h8H,3-7H2,1-2H3. The van der Waals surface area contributed by atoms with Gasteiger partial charge in [0.2, 0.25) is 0 Å². The van der Waals surface area contributed by atoms with Gasteiger partial charge >= 0.3 is 0 Å². The topological polar surface area (TPSA) is 20.3 Å². The number of carbonyl (C=O) groups excluding carboxylic acids is 1. The molecule has 0 unspecified atom stereocenters. The smallest absolute Gasteiger partial charge is 0.281 e. The average molecular weight is 187 g/mol. The Bertz CT molecular complexity index is 153. The molecule has 0 aliphatic carbocycles. The number of thioether (sulfide) groups is 1. The highest BCUT2D eigenvalue weighted by molar-refractivity contribution is 8.14. The second-order valence-electron chi connectivity index (χ2n) is 3.48. The predicted octanol–water partition coefficient (Wildman–Crippen LogP) is 2.73. The Hall–Kier alpha value is -0.180. The highest BCUT2D eigenvalue weighted by Crippen LogP contribution is 2.18. The van der Waals surface area contributed by atoms with E-state index >= 15 is 0 Å². The number of carbonyl (C=O) groups is 1. The molecule has 0 atom stereocenters. The second kappa shape index (κ2) is 4.75. The summed E-state index contributed by atoms with van der Waals surface area (Å²) in [6.45, 7) is 6.07. The summed E-state index contributed by atoms with van der Waals surface area (Å²) in [7, 11) is 0. The van der Waals surface area contributed by atoms with Gasteiger partial charge in [-0.05, 0) is 19.3 Å². The zero-order valence-corrected chi connectivity index (χ0v) is 8.69. The summed E-state index contributed by atoms with van der Waals surface area (Å²) >= 11 is 1.45. The van der Waals surface area contributed by atoms with Gasteiger partial charge in [0, 0.05) is 18.3 Å². The lowest BCUT2D eigenvalue weighted by atomic mass is 10.1. The Morgan fingerprint density at radius 3 is 2.33 bits per heavy atom. The third kappa shape index (κ3) is 3.05. The molecule has 1 aliphatic rings. The van der Waals surface area contributed by atoms with Crippen molar-refractivity contribution in [3.8, 4) is 0 Å². The first-order valence-corrected chi connectivity index (χ1v) is 5.53. The Balaban J connectivity index is 2.30. The fourth-order valence-corrected chi connectivity index (χ4v) is 2.09. The molecule has 1 rings (SSSR count). The molecular weight excluding hydrogens is 170 g/mol. The van der Waals surface area contributed by atoms with Gasteiger partial charge < -0.3 is 4.90 Å². The average Bonchev–Trinajstić information content (AvgIpc) is 2.05. The maximum atomic E-state index is 11.5. The van der Waals surface area contributed by atoms with Crippen LogP contribution in [0.25, 0.3) is 0 Å². The van der Waals surface area contributed by atoms with Crippen LogP contribution in [0.5, 0.6) is 0 Å². The third-order valence-corrected chi connectivity index (χ3v) is 2.88. The van der Waals surface area contributed by atoms with Gasteiger partial charge in [-0.15, -0.1) is 0 Å². The van der Waals surface area contributed by atoms with Gasteiger partial charge in [-0.3, -0.25) is 4.79 Å². The lowest BCUT2D eigenvalue weighted by Gasteiger charge is -2.26. The molecule has 1 saturated heterocycles. The summed E-state index contributed by atoms with van der Waals surface area (Å²) in [6, 6.07) is 0. The number of piperidine rings is 1. The first-order chi connectivity index (χ1) is 5.70. The molecule has 0 aromatic rings. The van der Waals surface area contributed by atoms with E-state index in [4.69, 9.17) is 0 Å². The largest absolute Gasteiger partial charge is 0.334 e. The SMILES string of the molecule is CC(C)SC(=O)N1CCCCC1. The maximum absolute atomic E-state index is 11.5. The van der Waals surface area contributed by atoms with Gasteiger partial charge in [0.1, 0.15) is 0 Å². The summed E-state index contributed by atoms with van der Waals surface area (Å²) in [6.07, 6.45) is 3.66. The number of rotatable bonds is 1. The normalized spacial score (nSPS) is 18.4. The minimum Gasteiger partial charge on any atom is -0.334 e. The molecule has 1 fully saturated rings. The van der Waals surface area contributed by atoms with Gasteiger partial charge in [0.05, 0.1) is 0 Å². The van der Waals surface area contributed by atoms with Crippen LogP contribution in [0.2, 0.25) is 0 Å². The van der Waals surface area contributed by atoms with Gasteiger partial charge in [-0.25, -0.2) is 0 Å². The van der Waals surface area contributed by atoms with E-state index in [-0.39, 0.29) is 5.24 Å². The van der Waals surface area contributed by atoms with E-state index < -0.39 is 0 Å². The summed E-state index contributed by atoms with van der Waals surface area (Å²) in [5, 5.41) is 0.684. The molecule has 0 spiro atoms. The van der Waals surface area contributed by atoms with E-state index in [9.17, 15) is 4.79 Å². The first-order valence-electron chi connectivity index (χ1n) is 4.65. The zero-order valence-electron chi connectivity index (χ0n) is 7.88. The molecule has 1 heterocycles. The summed E-state index contributed by atoms with van der Waals surface area (Å²) in [5.74, 6) is 0. The molecule has 1 aliphatic heterocycles. The van der Waals surface area contributed by atoms with Crippen LogP contribution in [-0.2, 0) is 0 Å². The number of nitrogens with zero attached hydrogens (tertiary/aromatic N) is 1. The first kappa shape index (κ1) is 9.90. The van der Waals surface area contributed by atoms with E-state index in [0.29, 0.717) is 5.25 Å². The minimum absolute atomic E-state index is 0.268. The number of hydrogen-bond acceptors (Lipinski definition) is 2. The van der Waals surface area contributed by atoms with Crippen LogP contribution < -0.4 is 0 Å². The van der Waals surface area contributed by atoms with Crippen LogP contribution in [0.4, 0.5) is 4.79 Å². The molecule has 70 valence electrons. The highest BCUT2D eigenvalue weighted by atomic mass is 32.2. The van der Waals surface area contributed by atoms with Crippen LogP contribution in [0.1, 0.15) is 33.1 Å². The van der Waals surface area contributed by atoms with E-state index in [1.165, 1.54) is 31.0 Å². The van der Waals surface area contributed by atoms with E-state index in [1.807, 2.05) is 4.90 Å². The second-order valence-corrected chi connectivity index (χ2v) is 5.01. The molecule has 12 heavy (non-hydrogen) atoms. The quantitative estimate of drug-likeness (QED) is 0.629. The Morgan fingerprint density at radius 1 is 1.25 bits per heavy atom. The van der Waals surface area contributed by atoms with Gasteiger partial charge in [-0.1, -0.05) is 25.6 Å². The van der Waals surface area contributed by atoms with Crippen molar-refractivity contribution in [2.45, 2.75) is 38.4 Å². The lowest BCUT2D eigenvalue weighted by Crippen LogP contribution is -2.33. The molecule has 0 aromatic heterocycles. The molecule has 3 heteroatoms. The predicted molar refractivity (Wildman–Crippen MR) is 53.5 cm³/mol. The Kier molecular flexibility index (Phi) is 3.92. The molecule has 0 saturated carbocycles. The molecule has 0 bridgehead atoms. The Labute approximate surface area is 78.7 Å². The number of likely N-dealkylation sites (tertiary alicyclic amines) is 1. The fraction of sp³-hybridized carbons (Fsp3) is 0.889. The van der Waals surface area contributed by atoms with Crippen LogP contribution in [0, 0.1) is 0 Å². The van der Waals surface area contributed by atoms with Gasteiger partial charge in [-0.2, -0.15) is 0 Å². The van der Waals surface area contributed by atoms with Gasteiger partial charge in [0.15, 0.2) is 0 Å². The van der Waals surface area contributed by atoms with Crippen LogP contribution in [0.15, 0.2) is 0 Å². The summed E-state index contributed by atoms with van der Waals surface area (Å²) < 4.78 is 0. The van der Waals surface area contributed by atoms with Crippen molar-refractivity contribution >= 4 is 17.0 Å². The van der Waals surface area contributed by atoms with Crippen LogP contribution in [-0.4, -0.2) is 28.5 Å². The van der Waals surface area contributed by atoms with E-state index in [1.54, 1.807) is 0 Å². The van der Waals surface area contributed by atoms with Crippen molar-refractivity contribution in [1.29, 1.82) is 0 Å². The summed E-state index contributed by atoms with van der Waals surface area (Å²) in [4.78, 5) is 13.5. The van der Waals surface area contributed by atoms with Crippen molar-refractivity contribution in [1.82, 2.24) is 4.90 Å². The van der Waals surface area contributed by atoms with Crippen molar-refractivity contribution in [2.24, 2.45) is 0 Å². The Morgan fingerprint density at radius 2 is 1.83 bits per heavy atom. The van der Waals surface area contributed by atoms with Crippen LogP contribution in [0.3, 0.4) is 0 Å². The number of amides is 1. The molecule has 2 nitrogen and oxygen atoms in total. The van der Waals surface area contributed by atoms with Crippen LogP contribution >= 0.6 is 11.8 Å². The molecule has 0 radical (unpaired) electrons. The zero-order chi connectivity index (χ0) is 8.97. The molecule has 1 amide bonds. The third-order valence-electron chi connectivity index (χ3n) is 1.95. The fourth-order valence-electron chi connectivity index (χ4n) is 1.35. The monoisotopic (exact) mass is 187 g/mol. The summed E-state index contributed by atoms with van der Waals surface area (Å²) in [5.41, 5.74) is 0. The molecule has 0 N–H and O–H groups in total. The van der Waals surface area contributed by atoms with E-state index in [0.717, 1.165) is 13.1 Å². The highest BCUT2D eigenvalue weighted by Gasteiger charge is 2.17. The number of hydrogen-bond donors (Lipinski definition) is 0.